The molecule has 0 bridgehead atoms. The fraction of sp³-hybridized carbons (Fsp3) is 0.400. The molecule has 5 nitrogen and oxygen atoms in total. The number of carbonyl (C=O) groups is 1. The normalized spacial score (nSPS) is 15.2. The lowest BCUT2D eigenvalue weighted by Gasteiger charge is -2.31. The van der Waals surface area contributed by atoms with Gasteiger partial charge in [0.2, 0.25) is 11.8 Å². The fourth-order valence-corrected chi connectivity index (χ4v) is 3.08. The summed E-state index contributed by atoms with van der Waals surface area (Å²) < 4.78 is 6.02. The van der Waals surface area contributed by atoms with Crippen LogP contribution in [-0.4, -0.2) is 34.9 Å². The Hall–Kier alpha value is -2.40. The van der Waals surface area contributed by atoms with Crippen LogP contribution in [0.15, 0.2) is 42.6 Å². The number of pyridine rings is 1. The third-order valence-corrected chi connectivity index (χ3v) is 4.67. The lowest BCUT2D eigenvalue weighted by atomic mass is 10.0. The summed E-state index contributed by atoms with van der Waals surface area (Å²) in [5.41, 5.74) is 2.13. The van der Waals surface area contributed by atoms with E-state index in [1.807, 2.05) is 48.2 Å². The molecule has 1 aromatic heterocycles. The summed E-state index contributed by atoms with van der Waals surface area (Å²) in [6, 6.07) is 12.3. The number of nitrogens with zero attached hydrogens (tertiary/aromatic N) is 2. The number of likely N-dealkylation sites (tertiary alicyclic amines) is 1. The Bertz CT molecular complexity index is 724. The second-order valence-electron chi connectivity index (χ2n) is 6.50. The first-order valence-corrected chi connectivity index (χ1v) is 8.80. The highest BCUT2D eigenvalue weighted by atomic mass is 16.5. The molecule has 1 aliphatic heterocycles. The Morgan fingerprint density at radius 3 is 2.72 bits per heavy atom. The zero-order chi connectivity index (χ0) is 17.6. The molecule has 0 atom stereocenters. The monoisotopic (exact) mass is 339 g/mol. The van der Waals surface area contributed by atoms with Crippen molar-refractivity contribution in [3.05, 3.63) is 53.7 Å². The van der Waals surface area contributed by atoms with E-state index < -0.39 is 0 Å². The fourth-order valence-electron chi connectivity index (χ4n) is 3.08. The van der Waals surface area contributed by atoms with Gasteiger partial charge in [-0.2, -0.15) is 0 Å². The highest BCUT2D eigenvalue weighted by molar-refractivity contribution is 5.73. The molecule has 1 aliphatic rings. The molecule has 0 spiro atoms. The summed E-state index contributed by atoms with van der Waals surface area (Å²) in [4.78, 5) is 17.7. The summed E-state index contributed by atoms with van der Waals surface area (Å²) in [6.07, 6.45) is 3.71. The standard InChI is InChI=1S/C20H25N3O2/c1-15-6-3-4-8-19(15)25-20-17(7-5-11-21-20)14-22-18-9-12-23(13-10-18)16(2)24/h3-8,11,18,22H,9-10,12-14H2,1-2H3. The molecule has 0 unspecified atom stereocenters. The van der Waals surface area contributed by atoms with E-state index in [4.69, 9.17) is 4.74 Å². The summed E-state index contributed by atoms with van der Waals surface area (Å²) in [5, 5.41) is 3.58. The Labute approximate surface area is 149 Å². The van der Waals surface area contributed by atoms with Crippen LogP contribution in [0.1, 0.15) is 30.9 Å². The van der Waals surface area contributed by atoms with E-state index in [1.54, 1.807) is 13.1 Å². The number of nitrogens with one attached hydrogen (secondary N) is 1. The van der Waals surface area contributed by atoms with E-state index in [9.17, 15) is 4.79 Å². The molecule has 5 heteroatoms. The number of rotatable bonds is 5. The van der Waals surface area contributed by atoms with Crippen LogP contribution in [0.4, 0.5) is 0 Å². The first-order valence-electron chi connectivity index (χ1n) is 8.80. The first-order chi connectivity index (χ1) is 12.1. The van der Waals surface area contributed by atoms with E-state index >= 15 is 0 Å². The van der Waals surface area contributed by atoms with Gasteiger partial charge in [0, 0.05) is 44.4 Å². The number of hydrogen-bond acceptors (Lipinski definition) is 4. The number of benzene rings is 1. The maximum Gasteiger partial charge on any atom is 0.223 e. The Morgan fingerprint density at radius 1 is 1.24 bits per heavy atom. The number of hydrogen-bond donors (Lipinski definition) is 1. The minimum atomic E-state index is 0.166. The van der Waals surface area contributed by atoms with Gasteiger partial charge in [0.15, 0.2) is 0 Å². The molecule has 0 saturated carbocycles. The van der Waals surface area contributed by atoms with E-state index in [2.05, 4.69) is 10.3 Å². The van der Waals surface area contributed by atoms with Crippen LogP contribution < -0.4 is 10.1 Å². The number of amides is 1. The number of carbonyl (C=O) groups excluding carboxylic acids is 1. The Balaban J connectivity index is 1.60. The number of aryl methyl sites for hydroxylation is 1. The summed E-state index contributed by atoms with van der Waals surface area (Å²) in [6.45, 7) is 6.02. The summed E-state index contributed by atoms with van der Waals surface area (Å²) in [7, 11) is 0. The van der Waals surface area contributed by atoms with Crippen molar-refractivity contribution >= 4 is 5.91 Å². The van der Waals surface area contributed by atoms with Crippen LogP contribution in [0.5, 0.6) is 11.6 Å². The van der Waals surface area contributed by atoms with Gasteiger partial charge in [-0.1, -0.05) is 24.3 Å². The molecular weight excluding hydrogens is 314 g/mol. The van der Waals surface area contributed by atoms with Gasteiger partial charge in [0.05, 0.1) is 0 Å². The van der Waals surface area contributed by atoms with Crippen molar-refractivity contribution in [2.75, 3.05) is 13.1 Å². The van der Waals surface area contributed by atoms with E-state index in [-0.39, 0.29) is 5.91 Å². The predicted octanol–water partition coefficient (Wildman–Crippen LogP) is 3.28. The maximum absolute atomic E-state index is 11.4. The number of aromatic nitrogens is 1. The molecule has 3 rings (SSSR count). The molecule has 132 valence electrons. The number of piperidine rings is 1. The molecule has 1 N–H and O–H groups in total. The average Bonchev–Trinajstić information content (AvgIpc) is 2.63. The van der Waals surface area contributed by atoms with Gasteiger partial charge < -0.3 is 15.0 Å². The molecule has 1 aromatic carbocycles. The number of para-hydroxylation sites is 1. The molecule has 1 saturated heterocycles. The predicted molar refractivity (Wildman–Crippen MR) is 97.6 cm³/mol. The Kier molecular flexibility index (Phi) is 5.66. The zero-order valence-corrected chi connectivity index (χ0v) is 14.9. The first kappa shape index (κ1) is 17.4. The van der Waals surface area contributed by atoms with Crippen molar-refractivity contribution in [1.82, 2.24) is 15.2 Å². The average molecular weight is 339 g/mol. The zero-order valence-electron chi connectivity index (χ0n) is 14.9. The van der Waals surface area contributed by atoms with Gasteiger partial charge in [-0.25, -0.2) is 4.98 Å². The van der Waals surface area contributed by atoms with Crippen molar-refractivity contribution in [2.45, 2.75) is 39.3 Å². The van der Waals surface area contributed by atoms with Crippen LogP contribution in [0, 0.1) is 6.92 Å². The highest BCUT2D eigenvalue weighted by Crippen LogP contribution is 2.26. The molecule has 1 fully saturated rings. The second-order valence-corrected chi connectivity index (χ2v) is 6.50. The molecular formula is C20H25N3O2. The van der Waals surface area contributed by atoms with E-state index in [1.165, 1.54) is 0 Å². The number of ether oxygens (including phenoxy) is 1. The van der Waals surface area contributed by atoms with Crippen LogP contribution >= 0.6 is 0 Å². The molecule has 2 heterocycles. The minimum Gasteiger partial charge on any atom is -0.438 e. The molecule has 2 aromatic rings. The molecule has 0 radical (unpaired) electrons. The lowest BCUT2D eigenvalue weighted by molar-refractivity contribution is -0.129. The van der Waals surface area contributed by atoms with E-state index in [0.29, 0.717) is 18.5 Å². The van der Waals surface area contributed by atoms with Crippen molar-refractivity contribution < 1.29 is 9.53 Å². The second kappa shape index (κ2) is 8.12. The summed E-state index contributed by atoms with van der Waals surface area (Å²) in [5.74, 6) is 1.64. The highest BCUT2D eigenvalue weighted by Gasteiger charge is 2.20. The Morgan fingerprint density at radius 2 is 2.00 bits per heavy atom. The van der Waals surface area contributed by atoms with Gasteiger partial charge in [-0.15, -0.1) is 0 Å². The third kappa shape index (κ3) is 4.57. The summed E-state index contributed by atoms with van der Waals surface area (Å²) >= 11 is 0. The largest absolute Gasteiger partial charge is 0.438 e. The van der Waals surface area contributed by atoms with Gasteiger partial charge in [-0.3, -0.25) is 4.79 Å². The van der Waals surface area contributed by atoms with Crippen LogP contribution in [0.2, 0.25) is 0 Å². The van der Waals surface area contributed by atoms with Crippen molar-refractivity contribution in [3.8, 4) is 11.6 Å². The quantitative estimate of drug-likeness (QED) is 0.908. The smallest absolute Gasteiger partial charge is 0.223 e. The molecule has 0 aliphatic carbocycles. The third-order valence-electron chi connectivity index (χ3n) is 4.67. The van der Waals surface area contributed by atoms with Gasteiger partial charge in [0.1, 0.15) is 5.75 Å². The van der Waals surface area contributed by atoms with Crippen LogP contribution in [-0.2, 0) is 11.3 Å². The molecule has 25 heavy (non-hydrogen) atoms. The lowest BCUT2D eigenvalue weighted by Crippen LogP contribution is -2.43. The van der Waals surface area contributed by atoms with Gasteiger partial charge in [0.25, 0.3) is 0 Å². The molecule has 1 amide bonds. The van der Waals surface area contributed by atoms with Crippen LogP contribution in [0.3, 0.4) is 0 Å². The SMILES string of the molecule is CC(=O)N1CCC(NCc2cccnc2Oc2ccccc2C)CC1. The van der Waals surface area contributed by atoms with Gasteiger partial charge >= 0.3 is 0 Å². The van der Waals surface area contributed by atoms with Crippen molar-refractivity contribution in [1.29, 1.82) is 0 Å². The van der Waals surface area contributed by atoms with Crippen molar-refractivity contribution in [3.63, 3.8) is 0 Å². The minimum absolute atomic E-state index is 0.166. The van der Waals surface area contributed by atoms with Gasteiger partial charge in [-0.05, 0) is 37.5 Å². The topological polar surface area (TPSA) is 54.5 Å². The van der Waals surface area contributed by atoms with Crippen LogP contribution in [0.25, 0.3) is 0 Å². The maximum atomic E-state index is 11.4. The van der Waals surface area contributed by atoms with E-state index in [0.717, 1.165) is 42.8 Å². The van der Waals surface area contributed by atoms with Crippen molar-refractivity contribution in [2.24, 2.45) is 0 Å².